The summed E-state index contributed by atoms with van der Waals surface area (Å²) in [4.78, 5) is 15.0. The summed E-state index contributed by atoms with van der Waals surface area (Å²) in [6.45, 7) is 2.47. The normalized spacial score (nSPS) is 14.6. The lowest BCUT2D eigenvalue weighted by Crippen LogP contribution is -2.07. The Balaban J connectivity index is 1.78. The first-order valence-corrected chi connectivity index (χ1v) is 5.71. The van der Waals surface area contributed by atoms with E-state index in [0.717, 1.165) is 24.0 Å². The number of pyridine rings is 1. The molecule has 1 saturated carbocycles. The number of nitrogens with one attached hydrogen (secondary N) is 2. The number of hydrogen-bond donors (Lipinski definition) is 2. The van der Waals surface area contributed by atoms with E-state index in [1.54, 1.807) is 6.20 Å². The molecule has 1 heterocycles. The molecule has 86 valence electrons. The van der Waals surface area contributed by atoms with E-state index in [2.05, 4.69) is 15.6 Å². The van der Waals surface area contributed by atoms with Gasteiger partial charge in [0.05, 0.1) is 11.9 Å². The van der Waals surface area contributed by atoms with E-state index in [-0.39, 0.29) is 5.91 Å². The van der Waals surface area contributed by atoms with E-state index in [1.165, 1.54) is 26.2 Å². The summed E-state index contributed by atoms with van der Waals surface area (Å²) < 4.78 is 0. The van der Waals surface area contributed by atoms with Crippen molar-refractivity contribution in [3.63, 3.8) is 0 Å². The highest BCUT2D eigenvalue weighted by molar-refractivity contribution is 5.88. The summed E-state index contributed by atoms with van der Waals surface area (Å²) >= 11 is 0. The molecule has 1 aromatic rings. The monoisotopic (exact) mass is 219 g/mol. The Morgan fingerprint density at radius 2 is 2.31 bits per heavy atom. The van der Waals surface area contributed by atoms with Gasteiger partial charge in [0.25, 0.3) is 0 Å². The van der Waals surface area contributed by atoms with Gasteiger partial charge in [-0.25, -0.2) is 4.98 Å². The quantitative estimate of drug-likeness (QED) is 0.798. The van der Waals surface area contributed by atoms with Crippen LogP contribution in [0, 0.1) is 5.92 Å². The van der Waals surface area contributed by atoms with Crippen LogP contribution in [-0.2, 0) is 4.79 Å². The highest BCUT2D eigenvalue weighted by Gasteiger charge is 2.20. The molecule has 1 amide bonds. The van der Waals surface area contributed by atoms with Crippen molar-refractivity contribution < 1.29 is 4.79 Å². The lowest BCUT2D eigenvalue weighted by Gasteiger charge is -2.06. The van der Waals surface area contributed by atoms with Crippen molar-refractivity contribution in [1.29, 1.82) is 0 Å². The topological polar surface area (TPSA) is 54.0 Å². The second-order valence-corrected chi connectivity index (χ2v) is 4.27. The standard InChI is InChI=1S/C12H17N3O/c1-9(16)15-11-4-5-12(14-8-11)13-7-6-10-2-3-10/h4-5,8,10H,2-3,6-7H2,1H3,(H,13,14)(H,15,16). The van der Waals surface area contributed by atoms with Crippen LogP contribution in [0.25, 0.3) is 0 Å². The first-order chi connectivity index (χ1) is 7.74. The Kier molecular flexibility index (Phi) is 3.39. The molecule has 0 bridgehead atoms. The molecule has 0 spiro atoms. The van der Waals surface area contributed by atoms with Gasteiger partial charge in [0.1, 0.15) is 5.82 Å². The summed E-state index contributed by atoms with van der Waals surface area (Å²) in [6, 6.07) is 3.74. The molecule has 0 aliphatic heterocycles. The van der Waals surface area contributed by atoms with Gasteiger partial charge >= 0.3 is 0 Å². The first-order valence-electron chi connectivity index (χ1n) is 5.71. The van der Waals surface area contributed by atoms with Gasteiger partial charge in [-0.15, -0.1) is 0 Å². The fourth-order valence-electron chi connectivity index (χ4n) is 1.59. The fraction of sp³-hybridized carbons (Fsp3) is 0.500. The largest absolute Gasteiger partial charge is 0.370 e. The van der Waals surface area contributed by atoms with Crippen molar-refractivity contribution in [2.75, 3.05) is 17.2 Å². The van der Waals surface area contributed by atoms with Gasteiger partial charge in [-0.1, -0.05) is 12.8 Å². The predicted octanol–water partition coefficient (Wildman–Crippen LogP) is 2.25. The number of aromatic nitrogens is 1. The number of rotatable bonds is 5. The number of nitrogens with zero attached hydrogens (tertiary/aromatic N) is 1. The highest BCUT2D eigenvalue weighted by atomic mass is 16.1. The van der Waals surface area contributed by atoms with Gasteiger partial charge in [-0.3, -0.25) is 4.79 Å². The lowest BCUT2D eigenvalue weighted by atomic mass is 10.3. The van der Waals surface area contributed by atoms with Crippen LogP contribution in [0.5, 0.6) is 0 Å². The summed E-state index contributed by atoms with van der Waals surface area (Å²) in [5.74, 6) is 1.73. The number of anilines is 2. The second kappa shape index (κ2) is 4.96. The highest BCUT2D eigenvalue weighted by Crippen LogP contribution is 2.31. The molecular formula is C12H17N3O. The van der Waals surface area contributed by atoms with E-state index in [0.29, 0.717) is 0 Å². The van der Waals surface area contributed by atoms with E-state index >= 15 is 0 Å². The number of amides is 1. The molecule has 0 radical (unpaired) electrons. The van der Waals surface area contributed by atoms with Gasteiger partial charge < -0.3 is 10.6 Å². The van der Waals surface area contributed by atoms with Gasteiger partial charge in [-0.05, 0) is 24.5 Å². The zero-order valence-corrected chi connectivity index (χ0v) is 9.49. The molecule has 4 nitrogen and oxygen atoms in total. The predicted molar refractivity (Wildman–Crippen MR) is 64.4 cm³/mol. The van der Waals surface area contributed by atoms with Crippen molar-refractivity contribution in [3.8, 4) is 0 Å². The third-order valence-corrected chi connectivity index (χ3v) is 2.64. The maximum Gasteiger partial charge on any atom is 0.221 e. The molecule has 16 heavy (non-hydrogen) atoms. The average Bonchev–Trinajstić information content (AvgIpc) is 3.04. The van der Waals surface area contributed by atoms with Crippen molar-refractivity contribution >= 4 is 17.4 Å². The third kappa shape index (κ3) is 3.53. The summed E-state index contributed by atoms with van der Waals surface area (Å²) in [6.07, 6.45) is 5.67. The third-order valence-electron chi connectivity index (χ3n) is 2.64. The minimum Gasteiger partial charge on any atom is -0.370 e. The molecule has 1 fully saturated rings. The van der Waals surface area contributed by atoms with E-state index in [1.807, 2.05) is 12.1 Å². The van der Waals surface area contributed by atoms with E-state index in [4.69, 9.17) is 0 Å². The molecule has 0 unspecified atom stereocenters. The molecular weight excluding hydrogens is 202 g/mol. The van der Waals surface area contributed by atoms with Crippen LogP contribution < -0.4 is 10.6 Å². The van der Waals surface area contributed by atoms with Crippen LogP contribution in [0.4, 0.5) is 11.5 Å². The lowest BCUT2D eigenvalue weighted by molar-refractivity contribution is -0.114. The SMILES string of the molecule is CC(=O)Nc1ccc(NCCC2CC2)nc1. The molecule has 4 heteroatoms. The molecule has 0 saturated heterocycles. The molecule has 1 aliphatic carbocycles. The van der Waals surface area contributed by atoms with Crippen LogP contribution in [0.3, 0.4) is 0 Å². The first kappa shape index (κ1) is 10.9. The Labute approximate surface area is 95.5 Å². The Hall–Kier alpha value is -1.58. The van der Waals surface area contributed by atoms with Crippen LogP contribution in [0.15, 0.2) is 18.3 Å². The van der Waals surface area contributed by atoms with Crippen LogP contribution >= 0.6 is 0 Å². The van der Waals surface area contributed by atoms with Crippen molar-refractivity contribution in [2.24, 2.45) is 5.92 Å². The average molecular weight is 219 g/mol. The van der Waals surface area contributed by atoms with Crippen LogP contribution in [0.1, 0.15) is 26.2 Å². The maximum absolute atomic E-state index is 10.8. The summed E-state index contributed by atoms with van der Waals surface area (Å²) in [5.41, 5.74) is 0.736. The molecule has 0 atom stereocenters. The zero-order valence-electron chi connectivity index (χ0n) is 9.49. The number of carbonyl (C=O) groups is 1. The van der Waals surface area contributed by atoms with Crippen LogP contribution in [-0.4, -0.2) is 17.4 Å². The molecule has 0 aromatic carbocycles. The number of hydrogen-bond acceptors (Lipinski definition) is 3. The summed E-state index contributed by atoms with van der Waals surface area (Å²) in [5, 5.41) is 5.96. The van der Waals surface area contributed by atoms with Gasteiger partial charge in [0.15, 0.2) is 0 Å². The molecule has 2 N–H and O–H groups in total. The van der Waals surface area contributed by atoms with E-state index < -0.39 is 0 Å². The van der Waals surface area contributed by atoms with Gasteiger partial charge in [-0.2, -0.15) is 0 Å². The Morgan fingerprint density at radius 3 is 2.88 bits per heavy atom. The van der Waals surface area contributed by atoms with Gasteiger partial charge in [0, 0.05) is 13.5 Å². The van der Waals surface area contributed by atoms with Crippen molar-refractivity contribution in [3.05, 3.63) is 18.3 Å². The minimum atomic E-state index is -0.0729. The van der Waals surface area contributed by atoms with Crippen LogP contribution in [0.2, 0.25) is 0 Å². The maximum atomic E-state index is 10.8. The molecule has 2 rings (SSSR count). The minimum absolute atomic E-state index is 0.0729. The van der Waals surface area contributed by atoms with Crippen molar-refractivity contribution in [1.82, 2.24) is 4.98 Å². The summed E-state index contributed by atoms with van der Waals surface area (Å²) in [7, 11) is 0. The zero-order chi connectivity index (χ0) is 11.4. The Morgan fingerprint density at radius 1 is 1.50 bits per heavy atom. The smallest absolute Gasteiger partial charge is 0.221 e. The van der Waals surface area contributed by atoms with Crippen molar-refractivity contribution in [2.45, 2.75) is 26.2 Å². The fourth-order valence-corrected chi connectivity index (χ4v) is 1.59. The number of carbonyl (C=O) groups excluding carboxylic acids is 1. The second-order valence-electron chi connectivity index (χ2n) is 4.27. The van der Waals surface area contributed by atoms with E-state index in [9.17, 15) is 4.79 Å². The molecule has 1 aliphatic rings. The molecule has 1 aromatic heterocycles. The van der Waals surface area contributed by atoms with Gasteiger partial charge in [0.2, 0.25) is 5.91 Å². The Bertz CT molecular complexity index is 357.